The number of carboxylic acid groups (broad SMARTS) is 1. The lowest BCUT2D eigenvalue weighted by atomic mass is 9.76. The van der Waals surface area contributed by atoms with Crippen LogP contribution in [0.2, 0.25) is 0 Å². The van der Waals surface area contributed by atoms with Crippen molar-refractivity contribution in [3.63, 3.8) is 0 Å². The quantitative estimate of drug-likeness (QED) is 0.329. The zero-order chi connectivity index (χ0) is 21.8. The third kappa shape index (κ3) is 8.25. The van der Waals surface area contributed by atoms with E-state index in [1.165, 1.54) is 19.3 Å². The summed E-state index contributed by atoms with van der Waals surface area (Å²) in [6.07, 6.45) is 12.5. The summed E-state index contributed by atoms with van der Waals surface area (Å²) in [5.41, 5.74) is 0. The molecule has 2 bridgehead atoms. The first kappa shape index (κ1) is 24.6. The van der Waals surface area contributed by atoms with Crippen LogP contribution in [-0.2, 0) is 19.1 Å². The summed E-state index contributed by atoms with van der Waals surface area (Å²) < 4.78 is 6.01. The van der Waals surface area contributed by atoms with E-state index in [0.29, 0.717) is 13.0 Å². The number of rotatable bonds is 16. The molecule has 0 aromatic rings. The molecule has 2 amide bonds. The monoisotopic (exact) mass is 424 g/mol. The van der Waals surface area contributed by atoms with E-state index in [1.54, 1.807) is 0 Å². The number of carbonyl (C=O) groups excluding carboxylic acids is 2. The average molecular weight is 425 g/mol. The Morgan fingerprint density at radius 3 is 2.37 bits per heavy atom. The van der Waals surface area contributed by atoms with Crippen LogP contribution in [0.1, 0.15) is 90.4 Å². The number of nitrogens with one attached hydrogen (secondary N) is 2. The van der Waals surface area contributed by atoms with E-state index in [0.717, 1.165) is 51.4 Å². The summed E-state index contributed by atoms with van der Waals surface area (Å²) in [6.45, 7) is 2.88. The standard InChI is InChI=1S/C23H40N2O5/c1-2-3-4-7-10-15-24-20(26)16-25-23(29)22-17(18-13-14-19(22)30-18)11-8-5-6-9-12-21(27)28/h17-19,22H,2-16H2,1H3,(H,24,26)(H,25,29)(H,27,28)/t17-,18+,19-,22-/m0/s1. The van der Waals surface area contributed by atoms with Gasteiger partial charge in [-0.2, -0.15) is 0 Å². The van der Waals surface area contributed by atoms with Crippen molar-refractivity contribution in [2.45, 2.75) is 103 Å². The lowest BCUT2D eigenvalue weighted by Gasteiger charge is -2.27. The minimum absolute atomic E-state index is 0.0198. The molecule has 0 aromatic carbocycles. The van der Waals surface area contributed by atoms with E-state index in [4.69, 9.17) is 9.84 Å². The van der Waals surface area contributed by atoms with Crippen LogP contribution in [0.5, 0.6) is 0 Å². The van der Waals surface area contributed by atoms with Gasteiger partial charge in [-0.05, 0) is 38.0 Å². The van der Waals surface area contributed by atoms with Gasteiger partial charge in [0.15, 0.2) is 0 Å². The Labute approximate surface area is 180 Å². The maximum Gasteiger partial charge on any atom is 0.303 e. The van der Waals surface area contributed by atoms with Crippen molar-refractivity contribution < 1.29 is 24.2 Å². The number of unbranched alkanes of at least 4 members (excludes halogenated alkanes) is 7. The molecule has 3 N–H and O–H groups in total. The van der Waals surface area contributed by atoms with Crippen LogP contribution >= 0.6 is 0 Å². The van der Waals surface area contributed by atoms with Gasteiger partial charge in [0.2, 0.25) is 11.8 Å². The highest BCUT2D eigenvalue weighted by Crippen LogP contribution is 2.45. The SMILES string of the molecule is CCCCCCCNC(=O)CNC(=O)[C@H]1[C@@H](CCCCCCC(=O)O)[C@H]2CC[C@@H]1O2. The Bertz CT molecular complexity index is 554. The van der Waals surface area contributed by atoms with Crippen LogP contribution in [0.4, 0.5) is 0 Å². The number of aliphatic carboxylic acids is 1. The molecular weight excluding hydrogens is 384 g/mol. The second-order valence-electron chi connectivity index (χ2n) is 8.81. The van der Waals surface area contributed by atoms with Crippen LogP contribution in [-0.4, -0.2) is 48.2 Å². The Hall–Kier alpha value is -1.63. The maximum absolute atomic E-state index is 12.8. The van der Waals surface area contributed by atoms with E-state index in [2.05, 4.69) is 17.6 Å². The number of carboxylic acids is 1. The molecule has 0 radical (unpaired) electrons. The van der Waals surface area contributed by atoms with Crippen molar-refractivity contribution >= 4 is 17.8 Å². The predicted molar refractivity (Wildman–Crippen MR) is 115 cm³/mol. The molecule has 172 valence electrons. The molecule has 2 aliphatic heterocycles. The summed E-state index contributed by atoms with van der Waals surface area (Å²) in [6, 6.07) is 0. The normalized spacial score (nSPS) is 24.7. The molecule has 30 heavy (non-hydrogen) atoms. The molecule has 0 aromatic heterocycles. The Kier molecular flexibility index (Phi) is 11.2. The van der Waals surface area contributed by atoms with Crippen LogP contribution in [0, 0.1) is 11.8 Å². The lowest BCUT2D eigenvalue weighted by Crippen LogP contribution is -2.44. The Balaban J connectivity index is 1.65. The number of hydrogen-bond donors (Lipinski definition) is 3. The van der Waals surface area contributed by atoms with Gasteiger partial charge in [0.05, 0.1) is 24.7 Å². The fourth-order valence-electron chi connectivity index (χ4n) is 4.82. The highest BCUT2D eigenvalue weighted by Gasteiger charge is 2.51. The van der Waals surface area contributed by atoms with Gasteiger partial charge in [-0.25, -0.2) is 0 Å². The molecule has 2 saturated heterocycles. The first-order valence-corrected chi connectivity index (χ1v) is 11.9. The summed E-state index contributed by atoms with van der Waals surface area (Å²) in [4.78, 5) is 35.4. The van der Waals surface area contributed by atoms with Crippen LogP contribution in [0.3, 0.4) is 0 Å². The summed E-state index contributed by atoms with van der Waals surface area (Å²) in [7, 11) is 0. The van der Waals surface area contributed by atoms with E-state index >= 15 is 0 Å². The molecule has 7 nitrogen and oxygen atoms in total. The Morgan fingerprint density at radius 2 is 1.60 bits per heavy atom. The zero-order valence-corrected chi connectivity index (χ0v) is 18.5. The number of hydrogen-bond acceptors (Lipinski definition) is 4. The van der Waals surface area contributed by atoms with Gasteiger partial charge in [0, 0.05) is 13.0 Å². The second kappa shape index (κ2) is 13.6. The minimum atomic E-state index is -0.742. The van der Waals surface area contributed by atoms with Crippen LogP contribution in [0.25, 0.3) is 0 Å². The molecule has 0 aliphatic carbocycles. The van der Waals surface area contributed by atoms with Crippen molar-refractivity contribution in [1.82, 2.24) is 10.6 Å². The lowest BCUT2D eigenvalue weighted by molar-refractivity contribution is -0.137. The third-order valence-electron chi connectivity index (χ3n) is 6.43. The first-order chi connectivity index (χ1) is 14.5. The average Bonchev–Trinajstić information content (AvgIpc) is 3.32. The van der Waals surface area contributed by atoms with Gasteiger partial charge in [-0.15, -0.1) is 0 Å². The van der Waals surface area contributed by atoms with Gasteiger partial charge in [-0.1, -0.05) is 51.9 Å². The maximum atomic E-state index is 12.8. The fourth-order valence-corrected chi connectivity index (χ4v) is 4.82. The molecule has 2 aliphatic rings. The second-order valence-corrected chi connectivity index (χ2v) is 8.81. The number of carbonyl (C=O) groups is 3. The van der Waals surface area contributed by atoms with Crippen LogP contribution < -0.4 is 10.6 Å². The molecule has 4 atom stereocenters. The largest absolute Gasteiger partial charge is 0.481 e. The molecule has 2 fully saturated rings. The fraction of sp³-hybridized carbons (Fsp3) is 0.870. The van der Waals surface area contributed by atoms with E-state index in [1.807, 2.05) is 0 Å². The summed E-state index contributed by atoms with van der Waals surface area (Å²) >= 11 is 0. The highest BCUT2D eigenvalue weighted by atomic mass is 16.5. The highest BCUT2D eigenvalue weighted by molar-refractivity contribution is 5.86. The zero-order valence-electron chi connectivity index (χ0n) is 18.5. The van der Waals surface area contributed by atoms with Crippen molar-refractivity contribution in [3.8, 4) is 0 Å². The third-order valence-corrected chi connectivity index (χ3v) is 6.43. The Morgan fingerprint density at radius 1 is 0.900 bits per heavy atom. The van der Waals surface area contributed by atoms with Crippen molar-refractivity contribution in [2.24, 2.45) is 11.8 Å². The summed E-state index contributed by atoms with van der Waals surface area (Å²) in [5, 5.41) is 14.4. The number of amides is 2. The van der Waals surface area contributed by atoms with Crippen molar-refractivity contribution in [1.29, 1.82) is 0 Å². The molecule has 7 heteroatoms. The molecule has 0 spiro atoms. The minimum Gasteiger partial charge on any atom is -0.481 e. The molecule has 2 heterocycles. The smallest absolute Gasteiger partial charge is 0.303 e. The van der Waals surface area contributed by atoms with E-state index < -0.39 is 5.97 Å². The van der Waals surface area contributed by atoms with Gasteiger partial charge in [0.25, 0.3) is 0 Å². The van der Waals surface area contributed by atoms with Crippen molar-refractivity contribution in [3.05, 3.63) is 0 Å². The predicted octanol–water partition coefficient (Wildman–Crippen LogP) is 3.41. The van der Waals surface area contributed by atoms with E-state index in [9.17, 15) is 14.4 Å². The molecule has 0 unspecified atom stereocenters. The van der Waals surface area contributed by atoms with Crippen LogP contribution in [0.15, 0.2) is 0 Å². The molecular formula is C23H40N2O5. The van der Waals surface area contributed by atoms with Gasteiger partial charge >= 0.3 is 5.97 Å². The number of ether oxygens (including phenoxy) is 1. The molecule has 2 rings (SSSR count). The topological polar surface area (TPSA) is 105 Å². The van der Waals surface area contributed by atoms with E-state index in [-0.39, 0.29) is 48.8 Å². The van der Waals surface area contributed by atoms with Gasteiger partial charge < -0.3 is 20.5 Å². The molecule has 0 saturated carbocycles. The first-order valence-electron chi connectivity index (χ1n) is 11.9. The van der Waals surface area contributed by atoms with Gasteiger partial charge in [-0.3, -0.25) is 14.4 Å². The van der Waals surface area contributed by atoms with Gasteiger partial charge in [0.1, 0.15) is 0 Å². The van der Waals surface area contributed by atoms with Crippen molar-refractivity contribution in [2.75, 3.05) is 13.1 Å². The summed E-state index contributed by atoms with van der Waals surface area (Å²) in [5.74, 6) is -0.877. The number of fused-ring (bicyclic) bond motifs is 2.